The molecule has 0 spiro atoms. The number of hydrogen-bond donors (Lipinski definition) is 4. The lowest BCUT2D eigenvalue weighted by Gasteiger charge is -2.31. The van der Waals surface area contributed by atoms with E-state index in [0.717, 1.165) is 30.3 Å². The van der Waals surface area contributed by atoms with E-state index >= 15 is 0 Å². The highest BCUT2D eigenvalue weighted by molar-refractivity contribution is 7.89. The first-order chi connectivity index (χ1) is 22.0. The first-order valence-electron chi connectivity index (χ1n) is 16.2. The zero-order chi connectivity index (χ0) is 32.8. The summed E-state index contributed by atoms with van der Waals surface area (Å²) in [5, 5.41) is 25.8. The maximum Gasteiger partial charge on any atom is 0.407 e. The summed E-state index contributed by atoms with van der Waals surface area (Å²) >= 11 is 0. The average Bonchev–Trinajstić information content (AvgIpc) is 3.74. The molecule has 1 unspecified atom stereocenters. The zero-order valence-electron chi connectivity index (χ0n) is 27.0. The molecule has 2 saturated heterocycles. The molecule has 3 aromatic rings. The number of aliphatic hydroxyl groups is 1. The van der Waals surface area contributed by atoms with E-state index in [1.54, 1.807) is 18.2 Å². The van der Waals surface area contributed by atoms with Gasteiger partial charge in [0.1, 0.15) is 6.10 Å². The predicted octanol–water partition coefficient (Wildman–Crippen LogP) is 4.27. The molecule has 1 amide bonds. The van der Waals surface area contributed by atoms with Gasteiger partial charge in [-0.05, 0) is 55.9 Å². The van der Waals surface area contributed by atoms with Crippen LogP contribution in [0, 0.1) is 11.8 Å². The van der Waals surface area contributed by atoms with Gasteiger partial charge in [0.25, 0.3) is 0 Å². The lowest BCUT2D eigenvalue weighted by atomic mass is 10.0. The van der Waals surface area contributed by atoms with Gasteiger partial charge in [-0.25, -0.2) is 13.2 Å². The molecular formula is C33H47N5O7S. The molecule has 0 aliphatic carbocycles. The number of benzene rings is 2. The van der Waals surface area contributed by atoms with Gasteiger partial charge in [0.15, 0.2) is 12.1 Å². The van der Waals surface area contributed by atoms with E-state index in [1.807, 2.05) is 44.2 Å². The Labute approximate surface area is 271 Å². The second-order valence-corrected chi connectivity index (χ2v) is 14.7. The van der Waals surface area contributed by atoms with Crippen molar-refractivity contribution in [3.8, 4) is 0 Å². The number of hydrogen-bond acceptors (Lipinski definition) is 9. The van der Waals surface area contributed by atoms with Crippen molar-refractivity contribution in [3.05, 3.63) is 54.1 Å². The third-order valence-electron chi connectivity index (χ3n) is 8.55. The van der Waals surface area contributed by atoms with Crippen molar-refractivity contribution < 1.29 is 32.5 Å². The molecule has 13 heteroatoms. The fourth-order valence-corrected chi connectivity index (χ4v) is 7.84. The van der Waals surface area contributed by atoms with E-state index in [0.29, 0.717) is 17.8 Å². The van der Waals surface area contributed by atoms with E-state index in [-0.39, 0.29) is 55.2 Å². The summed E-state index contributed by atoms with van der Waals surface area (Å²) in [7, 11) is -4.05. The quantitative estimate of drug-likeness (QED) is 0.188. The second kappa shape index (κ2) is 15.1. The molecule has 1 aromatic heterocycles. The molecule has 2 aliphatic heterocycles. The maximum atomic E-state index is 14.2. The van der Waals surface area contributed by atoms with Crippen LogP contribution in [0.25, 0.3) is 10.9 Å². The molecule has 3 heterocycles. The Kier molecular flexibility index (Phi) is 11.2. The molecule has 2 aliphatic rings. The highest BCUT2D eigenvalue weighted by atomic mass is 32.2. The van der Waals surface area contributed by atoms with E-state index in [2.05, 4.69) is 34.7 Å². The Morgan fingerprint density at radius 3 is 2.67 bits per heavy atom. The number of fused-ring (bicyclic) bond motifs is 2. The third kappa shape index (κ3) is 8.18. The number of rotatable bonds is 15. The molecule has 0 saturated carbocycles. The number of ether oxygens (including phenoxy) is 3. The van der Waals surface area contributed by atoms with E-state index in [9.17, 15) is 18.3 Å². The number of amides is 1. The first-order valence-corrected chi connectivity index (χ1v) is 17.7. The van der Waals surface area contributed by atoms with E-state index in [1.165, 1.54) is 4.31 Å². The Bertz CT molecular complexity index is 1550. The van der Waals surface area contributed by atoms with Crippen LogP contribution in [-0.4, -0.2) is 91.0 Å². The highest BCUT2D eigenvalue weighted by Crippen LogP contribution is 2.33. The van der Waals surface area contributed by atoms with Gasteiger partial charge in [0.05, 0.1) is 41.7 Å². The molecule has 252 valence electrons. The number of alkyl carbamates (subject to hydrolysis) is 1. The van der Waals surface area contributed by atoms with Crippen LogP contribution in [-0.2, 0) is 30.7 Å². The molecule has 12 nitrogen and oxygen atoms in total. The number of sulfonamides is 1. The lowest BCUT2D eigenvalue weighted by molar-refractivity contribution is -0.0907. The Morgan fingerprint density at radius 2 is 1.93 bits per heavy atom. The zero-order valence-corrected chi connectivity index (χ0v) is 27.8. The van der Waals surface area contributed by atoms with E-state index in [4.69, 9.17) is 14.2 Å². The summed E-state index contributed by atoms with van der Waals surface area (Å²) in [5.74, 6) is 0.534. The fourth-order valence-electron chi connectivity index (χ4n) is 6.19. The number of anilines is 1. The van der Waals surface area contributed by atoms with Crippen LogP contribution in [0.4, 0.5) is 10.6 Å². The summed E-state index contributed by atoms with van der Waals surface area (Å²) in [4.78, 5) is 13.2. The minimum absolute atomic E-state index is 0.0267. The van der Waals surface area contributed by atoms with Crippen LogP contribution in [0.1, 0.15) is 52.5 Å². The molecule has 5 rings (SSSR count). The smallest absolute Gasteiger partial charge is 0.407 e. The van der Waals surface area contributed by atoms with Crippen molar-refractivity contribution in [2.75, 3.05) is 31.6 Å². The van der Waals surface area contributed by atoms with Crippen molar-refractivity contribution in [3.63, 3.8) is 0 Å². The van der Waals surface area contributed by atoms with Crippen molar-refractivity contribution in [1.29, 1.82) is 0 Å². The average molecular weight is 658 g/mol. The van der Waals surface area contributed by atoms with Gasteiger partial charge in [0, 0.05) is 24.5 Å². The van der Waals surface area contributed by atoms with Crippen molar-refractivity contribution in [2.45, 2.75) is 88.9 Å². The highest BCUT2D eigenvalue weighted by Gasteiger charge is 2.44. The number of carbonyl (C=O) groups excluding carboxylic acids is 1. The maximum absolute atomic E-state index is 14.2. The number of nitrogens with zero attached hydrogens (tertiary/aromatic N) is 2. The lowest BCUT2D eigenvalue weighted by Crippen LogP contribution is -2.51. The van der Waals surface area contributed by atoms with Gasteiger partial charge in [-0.15, -0.1) is 0 Å². The number of aliphatic hydroxyl groups excluding tert-OH is 1. The molecule has 6 atom stereocenters. The number of aromatic amines is 1. The second-order valence-electron chi connectivity index (χ2n) is 12.8. The number of H-pyrrole nitrogens is 1. The number of nitrogens with one attached hydrogen (secondary N) is 3. The topological polar surface area (TPSA) is 155 Å². The molecule has 0 bridgehead atoms. The standard InChI is InChI=1S/C33H47N5O7S/c1-5-9-22(4)34-31-26-17-24(12-13-27(26)36-37-31)46(41,42)38(18-21(2)3)19-29(39)28(16-23-10-7-6-8-11-23)35-33(40)45-30-20-44-32-25(30)14-15-43-32/h6-8,10-13,17,21-22,25,28-30,32,39H,5,9,14-16,18-20H2,1-4H3,(H,35,40)(H2,34,36,37)/t22?,25-,28-,29+,30-,32+/m0/s1. The number of carbonyl (C=O) groups is 1. The Hall–Kier alpha value is -3.23. The third-order valence-corrected chi connectivity index (χ3v) is 10.4. The first kappa shape index (κ1) is 34.1. The van der Waals surface area contributed by atoms with E-state index < -0.39 is 34.4 Å². The van der Waals surface area contributed by atoms with Crippen LogP contribution >= 0.6 is 0 Å². The van der Waals surface area contributed by atoms with Gasteiger partial charge in [-0.2, -0.15) is 9.40 Å². The summed E-state index contributed by atoms with van der Waals surface area (Å²) < 4.78 is 46.5. The van der Waals surface area contributed by atoms with Gasteiger partial charge in [0.2, 0.25) is 10.0 Å². The normalized spacial score (nSPS) is 21.8. The molecular weight excluding hydrogens is 610 g/mol. The van der Waals surface area contributed by atoms with Crippen LogP contribution in [0.5, 0.6) is 0 Å². The van der Waals surface area contributed by atoms with Crippen molar-refractivity contribution >= 4 is 32.8 Å². The molecule has 2 aromatic carbocycles. The fraction of sp³-hybridized carbons (Fsp3) is 0.576. The molecule has 2 fully saturated rings. The van der Waals surface area contributed by atoms with Crippen LogP contribution in [0.3, 0.4) is 0 Å². The largest absolute Gasteiger partial charge is 0.443 e. The SMILES string of the molecule is CCCC(C)Nc1n[nH]c2ccc(S(=O)(=O)N(CC(C)C)C[C@@H](O)[C@H](Cc3ccccc3)NC(=O)O[C@H]3CO[C@H]4OCC[C@H]43)cc12. The van der Waals surface area contributed by atoms with Crippen LogP contribution in [0.15, 0.2) is 53.4 Å². The van der Waals surface area contributed by atoms with Crippen molar-refractivity contribution in [2.24, 2.45) is 11.8 Å². The summed E-state index contributed by atoms with van der Waals surface area (Å²) in [5.41, 5.74) is 1.59. The monoisotopic (exact) mass is 657 g/mol. The van der Waals surface area contributed by atoms with Crippen LogP contribution in [0.2, 0.25) is 0 Å². The van der Waals surface area contributed by atoms with Crippen LogP contribution < -0.4 is 10.6 Å². The summed E-state index contributed by atoms with van der Waals surface area (Å²) in [6.45, 7) is 8.75. The molecule has 0 radical (unpaired) electrons. The summed E-state index contributed by atoms with van der Waals surface area (Å²) in [6, 6.07) is 13.6. The minimum Gasteiger partial charge on any atom is -0.443 e. The van der Waals surface area contributed by atoms with Gasteiger partial charge in [-0.1, -0.05) is 57.5 Å². The molecule has 4 N–H and O–H groups in total. The van der Waals surface area contributed by atoms with Crippen molar-refractivity contribution in [1.82, 2.24) is 19.8 Å². The molecule has 46 heavy (non-hydrogen) atoms. The minimum atomic E-state index is -4.05. The number of aromatic nitrogens is 2. The van der Waals surface area contributed by atoms with Gasteiger partial charge in [-0.3, -0.25) is 5.10 Å². The Morgan fingerprint density at radius 1 is 1.15 bits per heavy atom. The van der Waals surface area contributed by atoms with Gasteiger partial charge < -0.3 is 30.0 Å². The Balaban J connectivity index is 1.36. The van der Waals surface area contributed by atoms with Gasteiger partial charge >= 0.3 is 6.09 Å². The summed E-state index contributed by atoms with van der Waals surface area (Å²) in [6.07, 6.45) is 0.201. The predicted molar refractivity (Wildman–Crippen MR) is 175 cm³/mol.